The molecule has 4 nitrogen and oxygen atoms in total. The lowest BCUT2D eigenvalue weighted by atomic mass is 9.86. The highest BCUT2D eigenvalue weighted by atomic mass is 35.5. The van der Waals surface area contributed by atoms with Crippen molar-refractivity contribution in [2.24, 2.45) is 11.1 Å². The average Bonchev–Trinajstić information content (AvgIpc) is 2.54. The third-order valence-corrected chi connectivity index (χ3v) is 5.16. The molecule has 2 rings (SSSR count). The van der Waals surface area contributed by atoms with Crippen LogP contribution < -0.4 is 5.73 Å². The second-order valence-electron chi connectivity index (χ2n) is 7.43. The molecule has 25 heavy (non-hydrogen) atoms. The molecule has 0 spiro atoms. The van der Waals surface area contributed by atoms with Crippen molar-refractivity contribution >= 4 is 41.5 Å². The third-order valence-electron chi connectivity index (χ3n) is 4.42. The number of halogens is 3. The fourth-order valence-corrected chi connectivity index (χ4v) is 2.97. The fourth-order valence-electron chi connectivity index (χ4n) is 2.65. The van der Waals surface area contributed by atoms with E-state index in [4.69, 9.17) is 33.7 Å². The fraction of sp³-hybridized carbons (Fsp3) is 0.611. The van der Waals surface area contributed by atoms with Gasteiger partial charge in [-0.25, -0.2) is 0 Å². The topological polar surface area (TPSA) is 55.6 Å². The van der Waals surface area contributed by atoms with E-state index in [1.54, 1.807) is 6.07 Å². The van der Waals surface area contributed by atoms with Crippen molar-refractivity contribution in [2.75, 3.05) is 13.1 Å². The summed E-state index contributed by atoms with van der Waals surface area (Å²) in [6, 6.07) is 5.05. The monoisotopic (exact) mass is 408 g/mol. The lowest BCUT2D eigenvalue weighted by molar-refractivity contribution is -0.137. The first kappa shape index (κ1) is 22.5. The number of hydrogen-bond donors (Lipinski definition) is 1. The number of benzene rings is 1. The molecule has 1 saturated heterocycles. The van der Waals surface area contributed by atoms with E-state index in [1.807, 2.05) is 37.8 Å². The smallest absolute Gasteiger partial charge is 0.240 e. The van der Waals surface area contributed by atoms with E-state index in [-0.39, 0.29) is 29.8 Å². The number of likely N-dealkylation sites (tertiary alicyclic amines) is 1. The third kappa shape index (κ3) is 6.30. The van der Waals surface area contributed by atoms with Crippen molar-refractivity contribution in [1.29, 1.82) is 0 Å². The molecule has 0 radical (unpaired) electrons. The minimum absolute atomic E-state index is 0. The molecule has 2 N–H and O–H groups in total. The molecule has 1 aromatic rings. The van der Waals surface area contributed by atoms with Gasteiger partial charge in [0.2, 0.25) is 5.91 Å². The van der Waals surface area contributed by atoms with Crippen molar-refractivity contribution < 1.29 is 9.53 Å². The largest absolute Gasteiger partial charge is 0.373 e. The number of ether oxygens (including phenoxy) is 1. The van der Waals surface area contributed by atoms with Gasteiger partial charge in [-0.05, 0) is 36.0 Å². The lowest BCUT2D eigenvalue weighted by Gasteiger charge is -2.36. The molecule has 1 aliphatic heterocycles. The number of carbonyl (C=O) groups is 1. The molecular weight excluding hydrogens is 383 g/mol. The summed E-state index contributed by atoms with van der Waals surface area (Å²) in [4.78, 5) is 14.3. The van der Waals surface area contributed by atoms with Crippen LogP contribution in [0.2, 0.25) is 10.0 Å². The summed E-state index contributed by atoms with van der Waals surface area (Å²) in [6.07, 6.45) is 1.79. The van der Waals surface area contributed by atoms with Crippen LogP contribution in [0.15, 0.2) is 18.2 Å². The summed E-state index contributed by atoms with van der Waals surface area (Å²) in [5.74, 6) is 0.0328. The Morgan fingerprint density at radius 3 is 2.40 bits per heavy atom. The maximum Gasteiger partial charge on any atom is 0.240 e. The van der Waals surface area contributed by atoms with Crippen LogP contribution >= 0.6 is 35.6 Å². The lowest BCUT2D eigenvalue weighted by Crippen LogP contribution is -2.53. The normalized spacial score (nSPS) is 17.1. The predicted octanol–water partition coefficient (Wildman–Crippen LogP) is 4.30. The Labute approximate surface area is 166 Å². The number of piperidine rings is 1. The Morgan fingerprint density at radius 2 is 1.88 bits per heavy atom. The van der Waals surface area contributed by atoms with E-state index in [1.165, 1.54) is 0 Å². The van der Waals surface area contributed by atoms with Crippen molar-refractivity contribution in [1.82, 2.24) is 4.90 Å². The molecule has 1 fully saturated rings. The van der Waals surface area contributed by atoms with Gasteiger partial charge in [0.1, 0.15) is 0 Å². The van der Waals surface area contributed by atoms with Gasteiger partial charge in [0.05, 0.1) is 28.8 Å². The van der Waals surface area contributed by atoms with Crippen molar-refractivity contribution in [3.05, 3.63) is 33.8 Å². The van der Waals surface area contributed by atoms with Gasteiger partial charge in [-0.3, -0.25) is 4.79 Å². The maximum atomic E-state index is 12.4. The highest BCUT2D eigenvalue weighted by molar-refractivity contribution is 6.42. The highest BCUT2D eigenvalue weighted by Gasteiger charge is 2.33. The molecule has 7 heteroatoms. The Balaban J connectivity index is 0.00000312. The van der Waals surface area contributed by atoms with Gasteiger partial charge in [-0.1, -0.05) is 50.0 Å². The molecule has 0 saturated carbocycles. The van der Waals surface area contributed by atoms with E-state index in [9.17, 15) is 4.79 Å². The summed E-state index contributed by atoms with van der Waals surface area (Å²) < 4.78 is 5.95. The van der Waals surface area contributed by atoms with Gasteiger partial charge in [-0.2, -0.15) is 0 Å². The van der Waals surface area contributed by atoms with E-state index >= 15 is 0 Å². The first-order valence-corrected chi connectivity index (χ1v) is 9.04. The van der Waals surface area contributed by atoms with Gasteiger partial charge in [-0.15, -0.1) is 12.4 Å². The molecular formula is C18H27Cl3N2O2. The number of hydrogen-bond acceptors (Lipinski definition) is 3. The summed E-state index contributed by atoms with van der Waals surface area (Å²) in [5.41, 5.74) is 6.85. The van der Waals surface area contributed by atoms with Crippen molar-refractivity contribution in [3.63, 3.8) is 0 Å². The quantitative estimate of drug-likeness (QED) is 0.806. The number of nitrogens with zero attached hydrogens (tertiary/aromatic N) is 1. The number of rotatable bonds is 4. The van der Waals surface area contributed by atoms with Gasteiger partial charge < -0.3 is 15.4 Å². The van der Waals surface area contributed by atoms with Gasteiger partial charge in [0, 0.05) is 13.1 Å². The molecule has 0 aliphatic carbocycles. The van der Waals surface area contributed by atoms with Crippen LogP contribution in [-0.2, 0) is 16.1 Å². The molecule has 1 atom stereocenters. The molecule has 1 heterocycles. The standard InChI is InChI=1S/C18H26Cl2N2O2.ClH/c1-18(2,3)16(21)17(23)22-8-6-13(7-9-22)24-11-12-4-5-14(19)15(20)10-12;/h4-5,10,13,16H,6-9,11,21H2,1-3H3;1H/t16-;/m1./s1. The zero-order valence-corrected chi connectivity index (χ0v) is 17.3. The van der Waals surface area contributed by atoms with Crippen molar-refractivity contribution in [2.45, 2.75) is 52.4 Å². The zero-order chi connectivity index (χ0) is 17.9. The van der Waals surface area contributed by atoms with E-state index < -0.39 is 6.04 Å². The first-order chi connectivity index (χ1) is 11.2. The van der Waals surface area contributed by atoms with Crippen LogP contribution in [0.4, 0.5) is 0 Å². The summed E-state index contributed by atoms with van der Waals surface area (Å²) in [7, 11) is 0. The molecule has 0 bridgehead atoms. The number of nitrogens with two attached hydrogens (primary N) is 1. The van der Waals surface area contributed by atoms with Crippen LogP contribution in [0.3, 0.4) is 0 Å². The molecule has 1 aliphatic rings. The van der Waals surface area contributed by atoms with Gasteiger partial charge in [0.15, 0.2) is 0 Å². The second kappa shape index (κ2) is 9.43. The average molecular weight is 410 g/mol. The Kier molecular flexibility index (Phi) is 8.49. The molecule has 1 amide bonds. The minimum Gasteiger partial charge on any atom is -0.373 e. The zero-order valence-electron chi connectivity index (χ0n) is 14.9. The van der Waals surface area contributed by atoms with Crippen LogP contribution in [0, 0.1) is 5.41 Å². The number of carbonyl (C=O) groups excluding carboxylic acids is 1. The van der Waals surface area contributed by atoms with Crippen LogP contribution in [0.1, 0.15) is 39.2 Å². The van der Waals surface area contributed by atoms with Crippen LogP contribution in [0.25, 0.3) is 0 Å². The molecule has 1 aromatic carbocycles. The predicted molar refractivity (Wildman–Crippen MR) is 106 cm³/mol. The summed E-state index contributed by atoms with van der Waals surface area (Å²) in [5, 5.41) is 1.08. The maximum absolute atomic E-state index is 12.4. The van der Waals surface area contributed by atoms with Crippen LogP contribution in [-0.4, -0.2) is 36.0 Å². The van der Waals surface area contributed by atoms with Crippen molar-refractivity contribution in [3.8, 4) is 0 Å². The van der Waals surface area contributed by atoms with Gasteiger partial charge in [0.25, 0.3) is 0 Å². The molecule has 142 valence electrons. The molecule has 0 unspecified atom stereocenters. The van der Waals surface area contributed by atoms with E-state index in [0.717, 1.165) is 18.4 Å². The minimum atomic E-state index is -0.467. The van der Waals surface area contributed by atoms with E-state index in [0.29, 0.717) is 29.7 Å². The Morgan fingerprint density at radius 1 is 1.28 bits per heavy atom. The SMILES string of the molecule is CC(C)(C)[C@H](N)C(=O)N1CCC(OCc2ccc(Cl)c(Cl)c2)CC1.Cl. The Bertz CT molecular complexity index is 582. The second-order valence-corrected chi connectivity index (χ2v) is 8.24. The summed E-state index contributed by atoms with van der Waals surface area (Å²) in [6.45, 7) is 7.84. The van der Waals surface area contributed by atoms with Crippen LogP contribution in [0.5, 0.6) is 0 Å². The Hall–Kier alpha value is -0.520. The molecule has 0 aromatic heterocycles. The highest BCUT2D eigenvalue weighted by Crippen LogP contribution is 2.25. The van der Waals surface area contributed by atoms with E-state index in [2.05, 4.69) is 0 Å². The van der Waals surface area contributed by atoms with Gasteiger partial charge >= 0.3 is 0 Å². The summed E-state index contributed by atoms with van der Waals surface area (Å²) >= 11 is 11.9. The first-order valence-electron chi connectivity index (χ1n) is 8.28. The number of amides is 1.